The highest BCUT2D eigenvalue weighted by Gasteiger charge is 2.44. The van der Waals surface area contributed by atoms with Gasteiger partial charge in [-0.2, -0.15) is 13.2 Å². The standard InChI is InChI=1S/C13H18F3N3O2/c14-13(15,16)11(20)8-3-5-19(6-4-8)7-10-17-18-12(21-10)9-1-2-9/h8-9,11,20H,1-7H2. The second-order valence-corrected chi connectivity index (χ2v) is 5.91. The molecular formula is C13H18F3N3O2. The number of alkyl halides is 3. The Morgan fingerprint density at radius 3 is 2.43 bits per heavy atom. The molecule has 1 N–H and O–H groups in total. The van der Waals surface area contributed by atoms with Crippen LogP contribution in [0.4, 0.5) is 13.2 Å². The SMILES string of the molecule is OC(C1CCN(Cc2nnc(C3CC3)o2)CC1)C(F)(F)F. The maximum absolute atomic E-state index is 12.5. The Labute approximate surface area is 120 Å². The van der Waals surface area contributed by atoms with Crippen molar-refractivity contribution in [2.24, 2.45) is 5.92 Å². The molecule has 0 radical (unpaired) electrons. The normalized spacial score (nSPS) is 23.4. The number of aromatic nitrogens is 2. The molecule has 3 rings (SSSR count). The van der Waals surface area contributed by atoms with Crippen LogP contribution in [-0.2, 0) is 6.54 Å². The van der Waals surface area contributed by atoms with Crippen molar-refractivity contribution >= 4 is 0 Å². The number of rotatable bonds is 4. The molecule has 1 aliphatic heterocycles. The Morgan fingerprint density at radius 1 is 1.19 bits per heavy atom. The molecule has 0 aromatic carbocycles. The van der Waals surface area contributed by atoms with Crippen LogP contribution in [0.2, 0.25) is 0 Å². The van der Waals surface area contributed by atoms with Crippen LogP contribution in [-0.4, -0.2) is 45.6 Å². The zero-order valence-corrected chi connectivity index (χ0v) is 11.5. The summed E-state index contributed by atoms with van der Waals surface area (Å²) in [5, 5.41) is 17.2. The van der Waals surface area contributed by atoms with E-state index < -0.39 is 18.2 Å². The minimum atomic E-state index is -4.53. The first-order valence-electron chi connectivity index (χ1n) is 7.23. The maximum atomic E-state index is 12.5. The Hall–Kier alpha value is -1.15. The fraction of sp³-hybridized carbons (Fsp3) is 0.846. The van der Waals surface area contributed by atoms with Gasteiger partial charge in [-0.1, -0.05) is 0 Å². The van der Waals surface area contributed by atoms with E-state index >= 15 is 0 Å². The van der Waals surface area contributed by atoms with Crippen LogP contribution in [0.3, 0.4) is 0 Å². The van der Waals surface area contributed by atoms with Gasteiger partial charge in [0.15, 0.2) is 6.10 Å². The van der Waals surface area contributed by atoms with E-state index in [4.69, 9.17) is 4.42 Å². The fourth-order valence-corrected chi connectivity index (χ4v) is 2.71. The zero-order valence-electron chi connectivity index (χ0n) is 11.5. The molecule has 2 heterocycles. The maximum Gasteiger partial charge on any atom is 0.414 e. The summed E-state index contributed by atoms with van der Waals surface area (Å²) in [4.78, 5) is 1.99. The van der Waals surface area contributed by atoms with Gasteiger partial charge in [0.25, 0.3) is 0 Å². The van der Waals surface area contributed by atoms with Crippen molar-refractivity contribution in [3.05, 3.63) is 11.8 Å². The lowest BCUT2D eigenvalue weighted by molar-refractivity contribution is -0.223. The van der Waals surface area contributed by atoms with E-state index in [0.29, 0.717) is 50.2 Å². The van der Waals surface area contributed by atoms with Gasteiger partial charge in [0.05, 0.1) is 6.54 Å². The summed E-state index contributed by atoms with van der Waals surface area (Å²) in [7, 11) is 0. The lowest BCUT2D eigenvalue weighted by atomic mass is 9.91. The van der Waals surface area contributed by atoms with Crippen LogP contribution in [0.5, 0.6) is 0 Å². The van der Waals surface area contributed by atoms with E-state index in [1.807, 2.05) is 4.90 Å². The van der Waals surface area contributed by atoms with Crippen LogP contribution in [0, 0.1) is 5.92 Å². The summed E-state index contributed by atoms with van der Waals surface area (Å²) in [6.07, 6.45) is -3.93. The van der Waals surface area contributed by atoms with Crippen molar-refractivity contribution in [1.29, 1.82) is 0 Å². The van der Waals surface area contributed by atoms with E-state index in [1.54, 1.807) is 0 Å². The van der Waals surface area contributed by atoms with Gasteiger partial charge in [0, 0.05) is 5.92 Å². The third kappa shape index (κ3) is 3.55. The summed E-state index contributed by atoms with van der Waals surface area (Å²) in [6.45, 7) is 1.46. The van der Waals surface area contributed by atoms with E-state index in [2.05, 4.69) is 10.2 Å². The van der Waals surface area contributed by atoms with E-state index in [1.165, 1.54) is 0 Å². The molecule has 1 aromatic heterocycles. The molecular weight excluding hydrogens is 287 g/mol. The van der Waals surface area contributed by atoms with Crippen LogP contribution in [0.25, 0.3) is 0 Å². The Balaban J connectivity index is 1.49. The average molecular weight is 305 g/mol. The summed E-state index contributed by atoms with van der Waals surface area (Å²) in [5.41, 5.74) is 0. The second kappa shape index (κ2) is 5.57. The Morgan fingerprint density at radius 2 is 1.86 bits per heavy atom. The molecule has 1 atom stereocenters. The topological polar surface area (TPSA) is 62.4 Å². The minimum Gasteiger partial charge on any atom is -0.424 e. The van der Waals surface area contributed by atoms with E-state index in [-0.39, 0.29) is 0 Å². The third-order valence-electron chi connectivity index (χ3n) is 4.18. The largest absolute Gasteiger partial charge is 0.424 e. The highest BCUT2D eigenvalue weighted by molar-refractivity contribution is 5.00. The molecule has 118 valence electrons. The third-order valence-corrected chi connectivity index (χ3v) is 4.18. The van der Waals surface area contributed by atoms with Gasteiger partial charge in [0.2, 0.25) is 11.8 Å². The Bertz CT molecular complexity index is 479. The summed E-state index contributed by atoms with van der Waals surface area (Å²) in [6, 6.07) is 0. The second-order valence-electron chi connectivity index (χ2n) is 5.91. The number of likely N-dealkylation sites (tertiary alicyclic amines) is 1. The molecule has 2 fully saturated rings. The number of halogens is 3. The number of aliphatic hydroxyl groups is 1. The zero-order chi connectivity index (χ0) is 15.0. The van der Waals surface area contributed by atoms with Gasteiger partial charge in [-0.25, -0.2) is 0 Å². The van der Waals surface area contributed by atoms with Crippen molar-refractivity contribution in [3.8, 4) is 0 Å². The molecule has 0 bridgehead atoms. The van der Waals surface area contributed by atoms with Crippen LogP contribution < -0.4 is 0 Å². The van der Waals surface area contributed by atoms with Gasteiger partial charge in [0.1, 0.15) is 0 Å². The van der Waals surface area contributed by atoms with E-state index in [9.17, 15) is 18.3 Å². The first-order valence-corrected chi connectivity index (χ1v) is 7.23. The van der Waals surface area contributed by atoms with Gasteiger partial charge in [-0.05, 0) is 44.7 Å². The van der Waals surface area contributed by atoms with Gasteiger partial charge in [-0.15, -0.1) is 10.2 Å². The summed E-state index contributed by atoms with van der Waals surface area (Å²) in [5.74, 6) is 0.879. The molecule has 1 aliphatic carbocycles. The van der Waals surface area contributed by atoms with Crippen LogP contribution in [0.15, 0.2) is 4.42 Å². The van der Waals surface area contributed by atoms with Crippen LogP contribution in [0.1, 0.15) is 43.4 Å². The van der Waals surface area contributed by atoms with Crippen molar-refractivity contribution < 1.29 is 22.7 Å². The molecule has 5 nitrogen and oxygen atoms in total. The van der Waals surface area contributed by atoms with Crippen molar-refractivity contribution in [3.63, 3.8) is 0 Å². The van der Waals surface area contributed by atoms with Crippen molar-refractivity contribution in [1.82, 2.24) is 15.1 Å². The van der Waals surface area contributed by atoms with Crippen molar-refractivity contribution in [2.75, 3.05) is 13.1 Å². The number of nitrogens with zero attached hydrogens (tertiary/aromatic N) is 3. The predicted octanol–water partition coefficient (Wildman–Crippen LogP) is 2.08. The lowest BCUT2D eigenvalue weighted by Gasteiger charge is -2.33. The van der Waals surface area contributed by atoms with Gasteiger partial charge in [-0.3, -0.25) is 4.90 Å². The lowest BCUT2D eigenvalue weighted by Crippen LogP contribution is -2.43. The molecule has 2 aliphatic rings. The Kier molecular flexibility index (Phi) is 3.92. The number of aliphatic hydroxyl groups excluding tert-OH is 1. The fourth-order valence-electron chi connectivity index (χ4n) is 2.71. The highest BCUT2D eigenvalue weighted by atomic mass is 19.4. The minimum absolute atomic E-state index is 0.324. The molecule has 21 heavy (non-hydrogen) atoms. The van der Waals surface area contributed by atoms with Crippen LogP contribution >= 0.6 is 0 Å². The molecule has 1 unspecified atom stereocenters. The summed E-state index contributed by atoms with van der Waals surface area (Å²) < 4.78 is 42.9. The number of piperidine rings is 1. The molecule has 0 spiro atoms. The molecule has 1 saturated heterocycles. The monoisotopic (exact) mass is 305 g/mol. The average Bonchev–Trinajstić information content (AvgIpc) is 3.19. The smallest absolute Gasteiger partial charge is 0.414 e. The number of hydrogen-bond donors (Lipinski definition) is 1. The first kappa shape index (κ1) is 14.8. The molecule has 1 aromatic rings. The summed E-state index contributed by atoms with van der Waals surface area (Å²) >= 11 is 0. The predicted molar refractivity (Wildman–Crippen MR) is 66.3 cm³/mol. The van der Waals surface area contributed by atoms with Gasteiger partial charge >= 0.3 is 6.18 Å². The molecule has 0 amide bonds. The van der Waals surface area contributed by atoms with Gasteiger partial charge < -0.3 is 9.52 Å². The van der Waals surface area contributed by atoms with E-state index in [0.717, 1.165) is 12.8 Å². The number of hydrogen-bond acceptors (Lipinski definition) is 5. The molecule has 1 saturated carbocycles. The quantitative estimate of drug-likeness (QED) is 0.923. The highest BCUT2D eigenvalue weighted by Crippen LogP contribution is 2.39. The molecule has 8 heteroatoms. The van der Waals surface area contributed by atoms with Crippen molar-refractivity contribution in [2.45, 2.75) is 50.4 Å². The first-order chi connectivity index (χ1) is 9.93.